The van der Waals surface area contributed by atoms with E-state index in [1.165, 1.54) is 7.11 Å². The van der Waals surface area contributed by atoms with Crippen LogP contribution in [-0.4, -0.2) is 13.1 Å². The highest BCUT2D eigenvalue weighted by Crippen LogP contribution is 2.23. The van der Waals surface area contributed by atoms with Crippen molar-refractivity contribution >= 4 is 34.9 Å². The molecule has 20 heavy (non-hydrogen) atoms. The topological polar surface area (TPSA) is 38.3 Å². The third-order valence-corrected chi connectivity index (χ3v) is 3.41. The number of hydrogen-bond acceptors (Lipinski definition) is 3. The predicted molar refractivity (Wildman–Crippen MR) is 81.6 cm³/mol. The Kier molecular flexibility index (Phi) is 4.88. The van der Waals surface area contributed by atoms with Gasteiger partial charge in [-0.15, -0.1) is 0 Å². The first-order valence-corrected chi connectivity index (χ1v) is 6.72. The van der Waals surface area contributed by atoms with Crippen LogP contribution in [0, 0.1) is 0 Å². The van der Waals surface area contributed by atoms with E-state index < -0.39 is 0 Å². The molecule has 0 atom stereocenters. The molecule has 0 heterocycles. The van der Waals surface area contributed by atoms with Crippen molar-refractivity contribution in [1.82, 2.24) is 0 Å². The van der Waals surface area contributed by atoms with Crippen LogP contribution in [0.5, 0.6) is 0 Å². The van der Waals surface area contributed by atoms with Crippen LogP contribution in [0.25, 0.3) is 0 Å². The van der Waals surface area contributed by atoms with E-state index in [1.54, 1.807) is 30.3 Å². The molecule has 2 aromatic carbocycles. The highest BCUT2D eigenvalue weighted by molar-refractivity contribution is 6.33. The van der Waals surface area contributed by atoms with E-state index in [9.17, 15) is 4.79 Å². The average molecular weight is 310 g/mol. The van der Waals surface area contributed by atoms with Gasteiger partial charge in [0.1, 0.15) is 0 Å². The van der Waals surface area contributed by atoms with Crippen molar-refractivity contribution in [3.8, 4) is 0 Å². The lowest BCUT2D eigenvalue weighted by Gasteiger charge is -2.11. The van der Waals surface area contributed by atoms with E-state index in [-0.39, 0.29) is 5.97 Å². The summed E-state index contributed by atoms with van der Waals surface area (Å²) in [6.07, 6.45) is 0. The average Bonchev–Trinajstić information content (AvgIpc) is 2.47. The third-order valence-electron chi connectivity index (χ3n) is 2.81. The molecule has 2 rings (SSSR count). The lowest BCUT2D eigenvalue weighted by molar-refractivity contribution is 0.0602. The highest BCUT2D eigenvalue weighted by Gasteiger charge is 2.11. The fourth-order valence-corrected chi connectivity index (χ4v) is 2.17. The Labute approximate surface area is 127 Å². The predicted octanol–water partition coefficient (Wildman–Crippen LogP) is 4.39. The molecule has 3 nitrogen and oxygen atoms in total. The van der Waals surface area contributed by atoms with E-state index in [0.29, 0.717) is 27.8 Å². The summed E-state index contributed by atoms with van der Waals surface area (Å²) in [5, 5.41) is 4.41. The van der Waals surface area contributed by atoms with Crippen LogP contribution in [0.4, 0.5) is 5.69 Å². The molecule has 0 amide bonds. The number of halogens is 2. The molecule has 0 saturated carbocycles. The maximum absolute atomic E-state index is 11.7. The molecule has 2 aromatic rings. The van der Waals surface area contributed by atoms with Gasteiger partial charge in [-0.05, 0) is 35.9 Å². The maximum Gasteiger partial charge on any atom is 0.339 e. The number of carbonyl (C=O) groups excluding carboxylic acids is 1. The Hall–Kier alpha value is -1.71. The standard InChI is InChI=1S/C15H13Cl2NO2/c1-20-15(19)12-4-2-3-5-14(12)18-9-10-8-11(16)6-7-13(10)17/h2-8,18H,9H2,1H3. The van der Waals surface area contributed by atoms with Crippen LogP contribution in [0.1, 0.15) is 15.9 Å². The maximum atomic E-state index is 11.7. The van der Waals surface area contributed by atoms with Gasteiger partial charge in [0.25, 0.3) is 0 Å². The van der Waals surface area contributed by atoms with Crippen molar-refractivity contribution in [3.63, 3.8) is 0 Å². The lowest BCUT2D eigenvalue weighted by atomic mass is 10.1. The molecule has 0 spiro atoms. The second kappa shape index (κ2) is 6.64. The monoisotopic (exact) mass is 309 g/mol. The number of ether oxygens (including phenoxy) is 1. The van der Waals surface area contributed by atoms with Crippen molar-refractivity contribution in [2.75, 3.05) is 12.4 Å². The molecular formula is C15H13Cl2NO2. The number of methoxy groups -OCH3 is 1. The summed E-state index contributed by atoms with van der Waals surface area (Å²) in [4.78, 5) is 11.7. The normalized spacial score (nSPS) is 10.2. The van der Waals surface area contributed by atoms with Crippen molar-refractivity contribution in [1.29, 1.82) is 0 Å². The van der Waals surface area contributed by atoms with Gasteiger partial charge in [0.2, 0.25) is 0 Å². The van der Waals surface area contributed by atoms with Gasteiger partial charge in [0.05, 0.1) is 12.7 Å². The first kappa shape index (κ1) is 14.7. The molecule has 0 fully saturated rings. The number of para-hydroxylation sites is 1. The Morgan fingerprint density at radius 1 is 1.20 bits per heavy atom. The number of hydrogen-bond donors (Lipinski definition) is 1. The minimum atomic E-state index is -0.384. The van der Waals surface area contributed by atoms with Gasteiger partial charge in [0.15, 0.2) is 0 Å². The van der Waals surface area contributed by atoms with Gasteiger partial charge >= 0.3 is 5.97 Å². The molecule has 0 aliphatic heterocycles. The molecule has 1 N–H and O–H groups in total. The van der Waals surface area contributed by atoms with Crippen molar-refractivity contribution in [2.24, 2.45) is 0 Å². The van der Waals surface area contributed by atoms with E-state index in [1.807, 2.05) is 12.1 Å². The van der Waals surface area contributed by atoms with Crippen LogP contribution in [-0.2, 0) is 11.3 Å². The first-order valence-electron chi connectivity index (χ1n) is 5.97. The zero-order valence-corrected chi connectivity index (χ0v) is 12.3. The van der Waals surface area contributed by atoms with Gasteiger partial charge in [-0.25, -0.2) is 4.79 Å². The molecule has 0 aliphatic rings. The van der Waals surface area contributed by atoms with E-state index in [0.717, 1.165) is 5.56 Å². The van der Waals surface area contributed by atoms with Gasteiger partial charge in [0, 0.05) is 22.3 Å². The van der Waals surface area contributed by atoms with Gasteiger partial charge in [-0.1, -0.05) is 35.3 Å². The zero-order valence-electron chi connectivity index (χ0n) is 10.8. The Morgan fingerprint density at radius 3 is 2.70 bits per heavy atom. The molecule has 0 radical (unpaired) electrons. The molecule has 104 valence electrons. The summed E-state index contributed by atoms with van der Waals surface area (Å²) in [6.45, 7) is 0.466. The smallest absolute Gasteiger partial charge is 0.339 e. The number of benzene rings is 2. The van der Waals surface area contributed by atoms with Gasteiger partial charge in [-0.2, -0.15) is 0 Å². The molecule has 0 aliphatic carbocycles. The van der Waals surface area contributed by atoms with E-state index in [2.05, 4.69) is 5.32 Å². The summed E-state index contributed by atoms with van der Waals surface area (Å²) in [7, 11) is 1.35. The number of nitrogens with one attached hydrogen (secondary N) is 1. The Balaban J connectivity index is 2.19. The summed E-state index contributed by atoms with van der Waals surface area (Å²) < 4.78 is 4.75. The van der Waals surface area contributed by atoms with Crippen molar-refractivity contribution < 1.29 is 9.53 Å². The molecule has 0 bridgehead atoms. The summed E-state index contributed by atoms with van der Waals surface area (Å²) in [5.41, 5.74) is 2.03. The number of carbonyl (C=O) groups is 1. The minimum absolute atomic E-state index is 0.384. The lowest BCUT2D eigenvalue weighted by Crippen LogP contribution is -2.08. The molecular weight excluding hydrogens is 297 g/mol. The van der Waals surface area contributed by atoms with Crippen LogP contribution in [0.2, 0.25) is 10.0 Å². The zero-order chi connectivity index (χ0) is 14.5. The minimum Gasteiger partial charge on any atom is -0.465 e. The van der Waals surface area contributed by atoms with Crippen molar-refractivity contribution in [3.05, 3.63) is 63.6 Å². The summed E-state index contributed by atoms with van der Waals surface area (Å²) in [5.74, 6) is -0.384. The second-order valence-electron chi connectivity index (χ2n) is 4.13. The fourth-order valence-electron chi connectivity index (χ4n) is 1.79. The third kappa shape index (κ3) is 3.44. The van der Waals surface area contributed by atoms with Crippen LogP contribution < -0.4 is 5.32 Å². The van der Waals surface area contributed by atoms with Crippen LogP contribution in [0.3, 0.4) is 0 Å². The number of esters is 1. The SMILES string of the molecule is COC(=O)c1ccccc1NCc1cc(Cl)ccc1Cl. The highest BCUT2D eigenvalue weighted by atomic mass is 35.5. The molecule has 5 heteroatoms. The Bertz CT molecular complexity index is 629. The summed E-state index contributed by atoms with van der Waals surface area (Å²) >= 11 is 12.0. The van der Waals surface area contributed by atoms with E-state index in [4.69, 9.17) is 27.9 Å². The second-order valence-corrected chi connectivity index (χ2v) is 4.97. The van der Waals surface area contributed by atoms with Gasteiger partial charge in [-0.3, -0.25) is 0 Å². The first-order chi connectivity index (χ1) is 9.61. The quantitative estimate of drug-likeness (QED) is 0.851. The number of rotatable bonds is 4. The van der Waals surface area contributed by atoms with Crippen molar-refractivity contribution in [2.45, 2.75) is 6.54 Å². The molecule has 0 saturated heterocycles. The van der Waals surface area contributed by atoms with Crippen LogP contribution >= 0.6 is 23.2 Å². The van der Waals surface area contributed by atoms with Gasteiger partial charge < -0.3 is 10.1 Å². The fraction of sp³-hybridized carbons (Fsp3) is 0.133. The van der Waals surface area contributed by atoms with Crippen LogP contribution in [0.15, 0.2) is 42.5 Å². The molecule has 0 aromatic heterocycles. The number of anilines is 1. The van der Waals surface area contributed by atoms with E-state index >= 15 is 0 Å². The molecule has 0 unspecified atom stereocenters. The largest absolute Gasteiger partial charge is 0.465 e. The Morgan fingerprint density at radius 2 is 1.95 bits per heavy atom. The summed E-state index contributed by atoms with van der Waals surface area (Å²) in [6, 6.07) is 12.4.